The van der Waals surface area contributed by atoms with E-state index in [-0.39, 0.29) is 17.1 Å². The average Bonchev–Trinajstić information content (AvgIpc) is 2.55. The van der Waals surface area contributed by atoms with Crippen LogP contribution in [-0.2, 0) is 11.2 Å². The molecule has 1 aliphatic heterocycles. The second-order valence-electron chi connectivity index (χ2n) is 5.60. The fourth-order valence-electron chi connectivity index (χ4n) is 2.46. The molecule has 1 aliphatic rings. The molecule has 0 aromatic heterocycles. The molecule has 0 unspecified atom stereocenters. The summed E-state index contributed by atoms with van der Waals surface area (Å²) >= 11 is 7.45. The predicted molar refractivity (Wildman–Crippen MR) is 97.9 cm³/mol. The first-order valence-corrected chi connectivity index (χ1v) is 8.93. The fraction of sp³-hybridized carbons (Fsp3) is 0.222. The lowest BCUT2D eigenvalue weighted by Gasteiger charge is -2.21. The number of rotatable bonds is 4. The highest BCUT2D eigenvalue weighted by Crippen LogP contribution is 2.35. The van der Waals surface area contributed by atoms with Gasteiger partial charge in [0.25, 0.3) is 5.91 Å². The molecule has 124 valence electrons. The molecule has 1 atom stereocenters. The molecule has 0 fully saturated rings. The highest BCUT2D eigenvalue weighted by molar-refractivity contribution is 8.00. The second kappa shape index (κ2) is 7.28. The van der Waals surface area contributed by atoms with Gasteiger partial charge in [-0.1, -0.05) is 23.7 Å². The summed E-state index contributed by atoms with van der Waals surface area (Å²) in [5, 5.41) is 6.31. The van der Waals surface area contributed by atoms with Crippen LogP contribution in [0, 0.1) is 0 Å². The van der Waals surface area contributed by atoms with Gasteiger partial charge in [-0.2, -0.15) is 0 Å². The van der Waals surface area contributed by atoms with E-state index in [1.54, 1.807) is 12.1 Å². The summed E-state index contributed by atoms with van der Waals surface area (Å²) in [6.45, 7) is 2.38. The lowest BCUT2D eigenvalue weighted by Crippen LogP contribution is -2.28. The monoisotopic (exact) mass is 360 g/mol. The van der Waals surface area contributed by atoms with Crippen molar-refractivity contribution in [3.05, 3.63) is 58.6 Å². The van der Waals surface area contributed by atoms with Crippen molar-refractivity contribution in [3.8, 4) is 0 Å². The Bertz CT molecular complexity index is 794. The minimum atomic E-state index is -0.155. The number of benzene rings is 2. The Morgan fingerprint density at radius 1 is 1.29 bits per heavy atom. The van der Waals surface area contributed by atoms with Crippen molar-refractivity contribution in [3.63, 3.8) is 0 Å². The minimum Gasteiger partial charge on any atom is -0.352 e. The van der Waals surface area contributed by atoms with Crippen molar-refractivity contribution in [2.45, 2.75) is 23.5 Å². The molecule has 2 aromatic carbocycles. The van der Waals surface area contributed by atoms with Gasteiger partial charge in [0.15, 0.2) is 0 Å². The first-order valence-electron chi connectivity index (χ1n) is 7.67. The van der Waals surface area contributed by atoms with E-state index >= 15 is 0 Å². The van der Waals surface area contributed by atoms with Crippen LogP contribution >= 0.6 is 23.4 Å². The van der Waals surface area contributed by atoms with E-state index in [9.17, 15) is 9.59 Å². The van der Waals surface area contributed by atoms with Crippen molar-refractivity contribution in [1.82, 2.24) is 5.32 Å². The van der Waals surface area contributed by atoms with Crippen LogP contribution in [-0.4, -0.2) is 23.6 Å². The quantitative estimate of drug-likeness (QED) is 0.873. The summed E-state index contributed by atoms with van der Waals surface area (Å²) in [6, 6.07) is 13.0. The first-order chi connectivity index (χ1) is 11.5. The van der Waals surface area contributed by atoms with Crippen molar-refractivity contribution in [2.75, 3.05) is 11.9 Å². The molecule has 2 N–H and O–H groups in total. The number of carbonyl (C=O) groups excluding carboxylic acids is 2. The van der Waals surface area contributed by atoms with Crippen molar-refractivity contribution in [2.24, 2.45) is 0 Å². The number of halogens is 1. The molecule has 6 heteroatoms. The fourth-order valence-corrected chi connectivity index (χ4v) is 3.61. The third kappa shape index (κ3) is 3.91. The van der Waals surface area contributed by atoms with Crippen molar-refractivity contribution in [1.29, 1.82) is 0 Å². The number of carbonyl (C=O) groups is 2. The zero-order valence-corrected chi connectivity index (χ0v) is 14.7. The molecular formula is C18H17ClN2O2S. The maximum atomic E-state index is 12.3. The Morgan fingerprint density at radius 2 is 2.12 bits per heavy atom. The van der Waals surface area contributed by atoms with Gasteiger partial charge >= 0.3 is 0 Å². The summed E-state index contributed by atoms with van der Waals surface area (Å²) < 4.78 is 0. The zero-order valence-electron chi connectivity index (χ0n) is 13.1. The third-order valence-electron chi connectivity index (χ3n) is 3.76. The average molecular weight is 361 g/mol. The third-order valence-corrected chi connectivity index (χ3v) is 5.17. The number of fused-ring (bicyclic) bond motifs is 1. The van der Waals surface area contributed by atoms with Crippen molar-refractivity contribution >= 4 is 40.9 Å². The number of nitrogens with one attached hydrogen (secondary N) is 2. The summed E-state index contributed by atoms with van der Waals surface area (Å²) in [5.41, 5.74) is 2.31. The van der Waals surface area contributed by atoms with Crippen molar-refractivity contribution < 1.29 is 9.59 Å². The molecular weight excluding hydrogens is 344 g/mol. The van der Waals surface area contributed by atoms with E-state index < -0.39 is 0 Å². The number of thioether (sulfide) groups is 1. The summed E-state index contributed by atoms with van der Waals surface area (Å²) in [5.74, 6) is -0.191. The first kappa shape index (κ1) is 16.9. The molecule has 4 nitrogen and oxygen atoms in total. The number of anilines is 1. The number of hydrogen-bond acceptors (Lipinski definition) is 3. The topological polar surface area (TPSA) is 58.2 Å². The van der Waals surface area contributed by atoms with Crippen LogP contribution in [0.15, 0.2) is 47.4 Å². The maximum Gasteiger partial charge on any atom is 0.251 e. The molecule has 24 heavy (non-hydrogen) atoms. The molecule has 0 aliphatic carbocycles. The minimum absolute atomic E-state index is 0.0361. The number of amides is 2. The molecule has 0 saturated carbocycles. The van der Waals surface area contributed by atoms with Gasteiger partial charge < -0.3 is 10.6 Å². The van der Waals surface area contributed by atoms with Gasteiger partial charge in [0.05, 0.1) is 10.9 Å². The smallest absolute Gasteiger partial charge is 0.251 e. The van der Waals surface area contributed by atoms with Crippen LogP contribution in [0.4, 0.5) is 5.69 Å². The normalized spacial score (nSPS) is 16.2. The Morgan fingerprint density at radius 3 is 2.92 bits per heavy atom. The maximum absolute atomic E-state index is 12.3. The standard InChI is InChI=1S/C18H17ClN2O2S/c1-11-17(22)21-15-10-13(5-6-16(15)24-11)18(23)20-8-7-12-3-2-4-14(19)9-12/h2-6,9-11H,7-8H2,1H3,(H,20,23)(H,21,22)/t11-/m0/s1. The van der Waals surface area contributed by atoms with Crippen LogP contribution < -0.4 is 10.6 Å². The lowest BCUT2D eigenvalue weighted by atomic mass is 10.1. The molecule has 1 heterocycles. The second-order valence-corrected chi connectivity index (χ2v) is 7.42. The summed E-state index contributed by atoms with van der Waals surface area (Å²) in [7, 11) is 0. The van der Waals surface area contributed by atoms with E-state index in [0.29, 0.717) is 29.2 Å². The van der Waals surface area contributed by atoms with E-state index in [4.69, 9.17) is 11.6 Å². The largest absolute Gasteiger partial charge is 0.352 e. The lowest BCUT2D eigenvalue weighted by molar-refractivity contribution is -0.115. The van der Waals surface area contributed by atoms with E-state index in [2.05, 4.69) is 10.6 Å². The Balaban J connectivity index is 1.61. The van der Waals surface area contributed by atoms with Gasteiger partial charge in [0.1, 0.15) is 0 Å². The van der Waals surface area contributed by atoms with Crippen LogP contribution in [0.2, 0.25) is 5.02 Å². The molecule has 0 saturated heterocycles. The van der Waals surface area contributed by atoms with Gasteiger partial charge in [0.2, 0.25) is 5.91 Å². The SMILES string of the molecule is C[C@@H]1Sc2ccc(C(=O)NCCc3cccc(Cl)c3)cc2NC1=O. The Labute approximate surface area is 150 Å². The molecule has 3 rings (SSSR count). The van der Waals surface area contributed by atoms with Gasteiger partial charge in [-0.3, -0.25) is 9.59 Å². The van der Waals surface area contributed by atoms with Gasteiger partial charge in [-0.05, 0) is 49.2 Å². The van der Waals surface area contributed by atoms with E-state index in [0.717, 1.165) is 10.5 Å². The summed E-state index contributed by atoms with van der Waals surface area (Å²) in [6.07, 6.45) is 0.710. The van der Waals surface area contributed by atoms with Crippen LogP contribution in [0.3, 0.4) is 0 Å². The van der Waals surface area contributed by atoms with E-state index in [1.807, 2.05) is 37.3 Å². The zero-order chi connectivity index (χ0) is 17.1. The van der Waals surface area contributed by atoms with Gasteiger partial charge in [-0.25, -0.2) is 0 Å². The van der Waals surface area contributed by atoms with Gasteiger partial charge in [-0.15, -0.1) is 11.8 Å². The Kier molecular flexibility index (Phi) is 5.11. The molecule has 0 radical (unpaired) electrons. The predicted octanol–water partition coefficient (Wildman–Crippen LogP) is 3.75. The molecule has 0 spiro atoms. The highest BCUT2D eigenvalue weighted by Gasteiger charge is 2.23. The number of hydrogen-bond donors (Lipinski definition) is 2. The summed E-state index contributed by atoms with van der Waals surface area (Å²) in [4.78, 5) is 25.0. The molecule has 0 bridgehead atoms. The Hall–Kier alpha value is -1.98. The van der Waals surface area contributed by atoms with Crippen LogP contribution in [0.25, 0.3) is 0 Å². The van der Waals surface area contributed by atoms with Crippen LogP contribution in [0.5, 0.6) is 0 Å². The molecule has 2 amide bonds. The molecule has 2 aromatic rings. The van der Waals surface area contributed by atoms with Gasteiger partial charge in [0, 0.05) is 22.0 Å². The highest BCUT2D eigenvalue weighted by atomic mass is 35.5. The van der Waals surface area contributed by atoms with Crippen LogP contribution in [0.1, 0.15) is 22.8 Å². The van der Waals surface area contributed by atoms with E-state index in [1.165, 1.54) is 11.8 Å².